The van der Waals surface area contributed by atoms with E-state index in [1.165, 1.54) is 32.9 Å². The van der Waals surface area contributed by atoms with Crippen molar-refractivity contribution < 1.29 is 14.0 Å². The number of hydrogen-bond acceptors (Lipinski definition) is 2. The lowest BCUT2D eigenvalue weighted by atomic mass is 10.2. The van der Waals surface area contributed by atoms with Crippen LogP contribution in [0.3, 0.4) is 0 Å². The van der Waals surface area contributed by atoms with E-state index < -0.39 is 0 Å². The van der Waals surface area contributed by atoms with Crippen LogP contribution in [0, 0.1) is 0 Å². The Labute approximate surface area is 94.0 Å². The monoisotopic (exact) mass is 216 g/mol. The van der Waals surface area contributed by atoms with Gasteiger partial charge >= 0.3 is 5.97 Å². The second-order valence-corrected chi connectivity index (χ2v) is 4.17. The van der Waals surface area contributed by atoms with Crippen molar-refractivity contribution in [2.24, 2.45) is 0 Å². The third-order valence-corrected chi connectivity index (χ3v) is 2.94. The first kappa shape index (κ1) is 14.4. The molecule has 0 radical (unpaired) electrons. The summed E-state index contributed by atoms with van der Waals surface area (Å²) in [7, 11) is 0. The number of ether oxygens (including phenoxy) is 1. The molecule has 0 fully saturated rings. The summed E-state index contributed by atoms with van der Waals surface area (Å²) in [6, 6.07) is 0. The standard InChI is InChI=1S/C12H26NO2/c1-5-8-13(7-3,9-6-2)10-11-15-12(4)14/h5-11H2,1-4H3/q+1. The van der Waals surface area contributed by atoms with E-state index in [1.54, 1.807) is 0 Å². The molecule has 0 atom stereocenters. The van der Waals surface area contributed by atoms with Crippen molar-refractivity contribution in [1.82, 2.24) is 0 Å². The van der Waals surface area contributed by atoms with E-state index in [0.717, 1.165) is 17.6 Å². The number of carbonyl (C=O) groups excluding carboxylic acids is 1. The first-order valence-electron chi connectivity index (χ1n) is 6.08. The fourth-order valence-electron chi connectivity index (χ4n) is 2.14. The van der Waals surface area contributed by atoms with Crippen molar-refractivity contribution in [3.63, 3.8) is 0 Å². The van der Waals surface area contributed by atoms with Crippen LogP contribution in [0.15, 0.2) is 0 Å². The lowest BCUT2D eigenvalue weighted by Crippen LogP contribution is -2.51. The summed E-state index contributed by atoms with van der Waals surface area (Å²) in [4.78, 5) is 10.7. The highest BCUT2D eigenvalue weighted by atomic mass is 16.5. The van der Waals surface area contributed by atoms with Crippen LogP contribution in [0.25, 0.3) is 0 Å². The summed E-state index contributed by atoms with van der Waals surface area (Å²) in [6.07, 6.45) is 2.38. The van der Waals surface area contributed by atoms with Crippen LogP contribution in [0.4, 0.5) is 0 Å². The quantitative estimate of drug-likeness (QED) is 0.459. The summed E-state index contributed by atoms with van der Waals surface area (Å²) in [5.74, 6) is -0.169. The number of rotatable bonds is 8. The molecule has 3 heteroatoms. The number of quaternary nitrogens is 1. The van der Waals surface area contributed by atoms with Gasteiger partial charge in [-0.3, -0.25) is 4.79 Å². The van der Waals surface area contributed by atoms with Crippen LogP contribution in [-0.2, 0) is 9.53 Å². The van der Waals surface area contributed by atoms with Crippen molar-refractivity contribution in [2.45, 2.75) is 40.5 Å². The third-order valence-electron chi connectivity index (χ3n) is 2.94. The van der Waals surface area contributed by atoms with Gasteiger partial charge in [-0.15, -0.1) is 0 Å². The van der Waals surface area contributed by atoms with E-state index in [-0.39, 0.29) is 5.97 Å². The first-order valence-corrected chi connectivity index (χ1v) is 6.08. The Morgan fingerprint density at radius 1 is 1.07 bits per heavy atom. The van der Waals surface area contributed by atoms with E-state index in [1.807, 2.05) is 0 Å². The molecule has 0 unspecified atom stereocenters. The summed E-state index contributed by atoms with van der Waals surface area (Å²) >= 11 is 0. The van der Waals surface area contributed by atoms with E-state index in [4.69, 9.17) is 4.74 Å². The molecule has 0 bridgehead atoms. The highest BCUT2D eigenvalue weighted by Gasteiger charge is 2.23. The molecular formula is C12H26NO2+. The Balaban J connectivity index is 4.13. The molecule has 15 heavy (non-hydrogen) atoms. The second-order valence-electron chi connectivity index (χ2n) is 4.17. The maximum absolute atomic E-state index is 10.7. The van der Waals surface area contributed by atoms with Gasteiger partial charge in [0.15, 0.2) is 0 Å². The van der Waals surface area contributed by atoms with E-state index in [9.17, 15) is 4.79 Å². The van der Waals surface area contributed by atoms with E-state index in [0.29, 0.717) is 6.61 Å². The molecular weight excluding hydrogens is 190 g/mol. The highest BCUT2D eigenvalue weighted by molar-refractivity contribution is 5.65. The lowest BCUT2D eigenvalue weighted by Gasteiger charge is -2.37. The highest BCUT2D eigenvalue weighted by Crippen LogP contribution is 2.09. The van der Waals surface area contributed by atoms with Gasteiger partial charge in [-0.05, 0) is 19.8 Å². The molecule has 3 nitrogen and oxygen atoms in total. The van der Waals surface area contributed by atoms with Gasteiger partial charge in [0.2, 0.25) is 0 Å². The molecule has 0 aliphatic rings. The van der Waals surface area contributed by atoms with Gasteiger partial charge < -0.3 is 9.22 Å². The Kier molecular flexibility index (Phi) is 7.39. The number of nitrogens with zero attached hydrogens (tertiary/aromatic N) is 1. The number of hydrogen-bond donors (Lipinski definition) is 0. The van der Waals surface area contributed by atoms with Gasteiger partial charge in [0.25, 0.3) is 0 Å². The number of esters is 1. The molecule has 0 saturated carbocycles. The largest absolute Gasteiger partial charge is 0.460 e. The molecule has 90 valence electrons. The smallest absolute Gasteiger partial charge is 0.302 e. The molecule has 0 aromatic heterocycles. The summed E-state index contributed by atoms with van der Waals surface area (Å²) in [5.41, 5.74) is 0. The van der Waals surface area contributed by atoms with Gasteiger partial charge in [0.05, 0.1) is 19.6 Å². The van der Waals surface area contributed by atoms with Crippen LogP contribution < -0.4 is 0 Å². The van der Waals surface area contributed by atoms with E-state index >= 15 is 0 Å². The minimum atomic E-state index is -0.169. The Hall–Kier alpha value is -0.570. The van der Waals surface area contributed by atoms with Crippen LogP contribution >= 0.6 is 0 Å². The first-order chi connectivity index (χ1) is 7.10. The maximum Gasteiger partial charge on any atom is 0.302 e. The minimum Gasteiger partial charge on any atom is -0.460 e. The van der Waals surface area contributed by atoms with Gasteiger partial charge in [-0.2, -0.15) is 0 Å². The van der Waals surface area contributed by atoms with Crippen LogP contribution in [0.2, 0.25) is 0 Å². The zero-order valence-electron chi connectivity index (χ0n) is 10.7. The molecule has 0 heterocycles. The molecule has 0 spiro atoms. The zero-order valence-corrected chi connectivity index (χ0v) is 10.7. The fourth-order valence-corrected chi connectivity index (χ4v) is 2.14. The average Bonchev–Trinajstić information content (AvgIpc) is 2.17. The Morgan fingerprint density at radius 2 is 1.60 bits per heavy atom. The van der Waals surface area contributed by atoms with Crippen molar-refractivity contribution in [3.05, 3.63) is 0 Å². The van der Waals surface area contributed by atoms with Crippen LogP contribution in [0.1, 0.15) is 40.5 Å². The zero-order chi connectivity index (χ0) is 11.7. The molecule has 0 saturated heterocycles. The number of carbonyl (C=O) groups is 1. The van der Waals surface area contributed by atoms with Gasteiger partial charge in [0, 0.05) is 6.92 Å². The topological polar surface area (TPSA) is 26.3 Å². The van der Waals surface area contributed by atoms with Crippen LogP contribution in [-0.4, -0.2) is 43.2 Å². The van der Waals surface area contributed by atoms with Gasteiger partial charge in [-0.1, -0.05) is 13.8 Å². The Bertz CT molecular complexity index is 174. The SMILES string of the molecule is CCC[N+](CC)(CCC)CCOC(C)=O. The molecule has 0 aliphatic carbocycles. The predicted octanol–water partition coefficient (Wildman–Crippen LogP) is 2.21. The average molecular weight is 216 g/mol. The van der Waals surface area contributed by atoms with Gasteiger partial charge in [-0.25, -0.2) is 0 Å². The predicted molar refractivity (Wildman–Crippen MR) is 62.6 cm³/mol. The van der Waals surface area contributed by atoms with Crippen molar-refractivity contribution in [1.29, 1.82) is 0 Å². The molecule has 0 N–H and O–H groups in total. The normalized spacial score (nSPS) is 11.5. The lowest BCUT2D eigenvalue weighted by molar-refractivity contribution is -0.926. The number of likely N-dealkylation sites (N-methyl/N-ethyl adjacent to an activating group) is 1. The molecule has 0 rings (SSSR count). The molecule has 0 aromatic carbocycles. The van der Waals surface area contributed by atoms with Crippen LogP contribution in [0.5, 0.6) is 0 Å². The molecule has 0 aliphatic heterocycles. The fraction of sp³-hybridized carbons (Fsp3) is 0.917. The summed E-state index contributed by atoms with van der Waals surface area (Å²) in [5, 5.41) is 0. The summed E-state index contributed by atoms with van der Waals surface area (Å²) < 4.78 is 6.12. The third kappa shape index (κ3) is 5.78. The van der Waals surface area contributed by atoms with Gasteiger partial charge in [0.1, 0.15) is 13.2 Å². The maximum atomic E-state index is 10.7. The minimum absolute atomic E-state index is 0.169. The van der Waals surface area contributed by atoms with Crippen molar-refractivity contribution in [2.75, 3.05) is 32.8 Å². The Morgan fingerprint density at radius 3 is 1.93 bits per heavy atom. The van der Waals surface area contributed by atoms with E-state index in [2.05, 4.69) is 20.8 Å². The summed E-state index contributed by atoms with van der Waals surface area (Å²) in [6.45, 7) is 13.1. The molecule has 0 aromatic rings. The van der Waals surface area contributed by atoms with Crippen molar-refractivity contribution >= 4 is 5.97 Å². The van der Waals surface area contributed by atoms with Crippen molar-refractivity contribution in [3.8, 4) is 0 Å². The molecule has 0 amide bonds. The second kappa shape index (κ2) is 7.69.